The Morgan fingerprint density at radius 3 is 2.62 bits per heavy atom. The molecule has 0 spiro atoms. The number of ether oxygens (including phenoxy) is 1. The highest BCUT2D eigenvalue weighted by molar-refractivity contribution is 6.05. The number of aromatic nitrogens is 2. The number of alkyl halides is 3. The fourth-order valence-corrected chi connectivity index (χ4v) is 2.76. The Bertz CT molecular complexity index is 964. The van der Waals surface area contributed by atoms with Crippen LogP contribution in [-0.2, 0) is 12.6 Å². The number of pyridine rings is 1. The summed E-state index contributed by atoms with van der Waals surface area (Å²) in [6.07, 6.45) is -2.51. The highest BCUT2D eigenvalue weighted by Gasteiger charge is 2.34. The van der Waals surface area contributed by atoms with Crippen molar-refractivity contribution >= 4 is 17.2 Å². The fourth-order valence-electron chi connectivity index (χ4n) is 2.76. The van der Waals surface area contributed by atoms with Gasteiger partial charge in [0.15, 0.2) is 11.4 Å². The lowest BCUT2D eigenvalue weighted by molar-refractivity contribution is -0.136. The number of carbonyl (C=O) groups excluding carboxylic acids is 1. The van der Waals surface area contributed by atoms with E-state index in [1.807, 2.05) is 6.92 Å². The van der Waals surface area contributed by atoms with Crippen LogP contribution in [0.4, 0.5) is 18.9 Å². The summed E-state index contributed by atoms with van der Waals surface area (Å²) in [6, 6.07) is 8.22. The standard InChI is InChI=1S/C18H16F3N3O2/c1-3-12-15(24-10-6-9-14(26-2)16(24)22-12)17(25)23-13-8-5-4-7-11(13)18(19,20)21/h4-10H,3H2,1-2H3,(H,23,25). The zero-order valence-electron chi connectivity index (χ0n) is 14.1. The molecule has 3 rings (SSSR count). The van der Waals surface area contributed by atoms with Crippen molar-refractivity contribution < 1.29 is 22.7 Å². The molecule has 0 aliphatic heterocycles. The van der Waals surface area contributed by atoms with E-state index in [0.29, 0.717) is 23.5 Å². The zero-order chi connectivity index (χ0) is 18.9. The van der Waals surface area contributed by atoms with Gasteiger partial charge in [-0.15, -0.1) is 0 Å². The predicted octanol–water partition coefficient (Wildman–Crippen LogP) is 4.18. The molecule has 8 heteroatoms. The number of anilines is 1. The van der Waals surface area contributed by atoms with E-state index < -0.39 is 17.6 Å². The van der Waals surface area contributed by atoms with Crippen molar-refractivity contribution in [2.24, 2.45) is 0 Å². The quantitative estimate of drug-likeness (QED) is 0.757. The van der Waals surface area contributed by atoms with E-state index in [1.165, 1.54) is 29.7 Å². The average molecular weight is 363 g/mol. The number of nitrogens with zero attached hydrogens (tertiary/aromatic N) is 2. The maximum atomic E-state index is 13.2. The summed E-state index contributed by atoms with van der Waals surface area (Å²) in [4.78, 5) is 17.2. The van der Waals surface area contributed by atoms with E-state index in [4.69, 9.17) is 4.74 Å². The SMILES string of the molecule is CCc1nc2c(OC)cccn2c1C(=O)Nc1ccccc1C(F)(F)F. The van der Waals surface area contributed by atoms with Crippen LogP contribution in [0, 0.1) is 0 Å². The number of imidazole rings is 1. The first kappa shape index (κ1) is 17.8. The minimum absolute atomic E-state index is 0.179. The summed E-state index contributed by atoms with van der Waals surface area (Å²) in [5.74, 6) is -0.198. The average Bonchev–Trinajstić information content (AvgIpc) is 3.00. The second-order valence-corrected chi connectivity index (χ2v) is 5.53. The number of benzene rings is 1. The maximum Gasteiger partial charge on any atom is 0.418 e. The lowest BCUT2D eigenvalue weighted by Gasteiger charge is -2.14. The molecule has 5 nitrogen and oxygen atoms in total. The summed E-state index contributed by atoms with van der Waals surface area (Å²) in [6.45, 7) is 1.81. The third-order valence-corrected chi connectivity index (χ3v) is 3.94. The second kappa shape index (κ2) is 6.70. The molecule has 0 fully saturated rings. The van der Waals surface area contributed by atoms with E-state index in [1.54, 1.807) is 18.3 Å². The minimum atomic E-state index is -4.57. The third-order valence-electron chi connectivity index (χ3n) is 3.94. The van der Waals surface area contributed by atoms with Gasteiger partial charge in [-0.3, -0.25) is 9.20 Å². The highest BCUT2D eigenvalue weighted by Crippen LogP contribution is 2.35. The third kappa shape index (κ3) is 3.10. The molecule has 0 saturated carbocycles. The van der Waals surface area contributed by atoms with Crippen molar-refractivity contribution in [3.8, 4) is 5.75 Å². The molecule has 0 bridgehead atoms. The van der Waals surface area contributed by atoms with Gasteiger partial charge >= 0.3 is 6.18 Å². The number of hydrogen-bond donors (Lipinski definition) is 1. The summed E-state index contributed by atoms with van der Waals surface area (Å²) in [5, 5.41) is 2.36. The van der Waals surface area contributed by atoms with Crippen LogP contribution in [0.25, 0.3) is 5.65 Å². The lowest BCUT2D eigenvalue weighted by Crippen LogP contribution is -2.19. The van der Waals surface area contributed by atoms with Crippen LogP contribution < -0.4 is 10.1 Å². The number of rotatable bonds is 4. The highest BCUT2D eigenvalue weighted by atomic mass is 19.4. The smallest absolute Gasteiger partial charge is 0.418 e. The maximum absolute atomic E-state index is 13.2. The molecule has 136 valence electrons. The number of carbonyl (C=O) groups is 1. The molecule has 0 radical (unpaired) electrons. The van der Waals surface area contributed by atoms with Crippen molar-refractivity contribution in [1.29, 1.82) is 0 Å². The van der Waals surface area contributed by atoms with E-state index >= 15 is 0 Å². The van der Waals surface area contributed by atoms with Gasteiger partial charge in [0.2, 0.25) is 0 Å². The number of fused-ring (bicyclic) bond motifs is 1. The number of amides is 1. The summed E-state index contributed by atoms with van der Waals surface area (Å²) in [5.41, 5.74) is -0.126. The van der Waals surface area contributed by atoms with Crippen LogP contribution in [0.3, 0.4) is 0 Å². The van der Waals surface area contributed by atoms with Crippen LogP contribution in [0.2, 0.25) is 0 Å². The van der Waals surface area contributed by atoms with E-state index in [-0.39, 0.29) is 11.4 Å². The molecule has 3 aromatic rings. The molecular formula is C18H16F3N3O2. The number of para-hydroxylation sites is 1. The van der Waals surface area contributed by atoms with Gasteiger partial charge < -0.3 is 10.1 Å². The molecule has 0 saturated heterocycles. The van der Waals surface area contributed by atoms with Gasteiger partial charge in [-0.05, 0) is 30.7 Å². The first-order valence-electron chi connectivity index (χ1n) is 7.88. The molecule has 2 heterocycles. The molecule has 0 atom stereocenters. The first-order chi connectivity index (χ1) is 12.4. The second-order valence-electron chi connectivity index (χ2n) is 5.53. The van der Waals surface area contributed by atoms with Gasteiger partial charge in [0.1, 0.15) is 5.69 Å². The van der Waals surface area contributed by atoms with Gasteiger partial charge in [-0.25, -0.2) is 4.98 Å². The molecule has 0 aliphatic carbocycles. The van der Waals surface area contributed by atoms with Gasteiger partial charge in [-0.2, -0.15) is 13.2 Å². The number of methoxy groups -OCH3 is 1. The first-order valence-corrected chi connectivity index (χ1v) is 7.88. The van der Waals surface area contributed by atoms with Gasteiger partial charge in [0.05, 0.1) is 24.1 Å². The van der Waals surface area contributed by atoms with Crippen molar-refractivity contribution in [2.45, 2.75) is 19.5 Å². The summed E-state index contributed by atoms with van der Waals surface area (Å²) in [7, 11) is 1.48. The Kier molecular flexibility index (Phi) is 4.58. The van der Waals surface area contributed by atoms with Crippen LogP contribution in [0.1, 0.15) is 28.7 Å². The number of hydrogen-bond acceptors (Lipinski definition) is 3. The fraction of sp³-hybridized carbons (Fsp3) is 0.222. The Balaban J connectivity index is 2.07. The molecule has 1 aromatic carbocycles. The Hall–Kier alpha value is -3.03. The number of nitrogens with one attached hydrogen (secondary N) is 1. The topological polar surface area (TPSA) is 55.6 Å². The summed E-state index contributed by atoms with van der Waals surface area (Å²) < 4.78 is 46.2. The van der Waals surface area contributed by atoms with E-state index in [0.717, 1.165) is 6.07 Å². The Morgan fingerprint density at radius 1 is 1.23 bits per heavy atom. The molecular weight excluding hydrogens is 347 g/mol. The molecule has 1 amide bonds. The number of halogens is 3. The predicted molar refractivity (Wildman–Crippen MR) is 90.5 cm³/mol. The van der Waals surface area contributed by atoms with Crippen LogP contribution in [0.5, 0.6) is 5.75 Å². The molecule has 2 aromatic heterocycles. The number of aryl methyl sites for hydroxylation is 1. The minimum Gasteiger partial charge on any atom is -0.493 e. The Labute approximate surface area is 147 Å². The van der Waals surface area contributed by atoms with Gasteiger partial charge in [0.25, 0.3) is 5.91 Å². The van der Waals surface area contributed by atoms with E-state index in [2.05, 4.69) is 10.3 Å². The normalized spacial score (nSPS) is 11.6. The lowest BCUT2D eigenvalue weighted by atomic mass is 10.1. The van der Waals surface area contributed by atoms with Crippen molar-refractivity contribution in [3.63, 3.8) is 0 Å². The molecule has 0 aliphatic rings. The largest absolute Gasteiger partial charge is 0.493 e. The van der Waals surface area contributed by atoms with Gasteiger partial charge in [0, 0.05) is 6.20 Å². The monoisotopic (exact) mass is 363 g/mol. The van der Waals surface area contributed by atoms with Crippen molar-refractivity contribution in [2.75, 3.05) is 12.4 Å². The Morgan fingerprint density at radius 2 is 1.96 bits per heavy atom. The van der Waals surface area contributed by atoms with Crippen LogP contribution >= 0.6 is 0 Å². The molecule has 26 heavy (non-hydrogen) atoms. The van der Waals surface area contributed by atoms with Crippen molar-refractivity contribution in [1.82, 2.24) is 9.38 Å². The molecule has 1 N–H and O–H groups in total. The van der Waals surface area contributed by atoms with E-state index in [9.17, 15) is 18.0 Å². The van der Waals surface area contributed by atoms with Crippen LogP contribution in [0.15, 0.2) is 42.6 Å². The van der Waals surface area contributed by atoms with Crippen molar-refractivity contribution in [3.05, 3.63) is 59.5 Å². The van der Waals surface area contributed by atoms with Crippen LogP contribution in [-0.4, -0.2) is 22.4 Å². The van der Waals surface area contributed by atoms with Gasteiger partial charge in [-0.1, -0.05) is 19.1 Å². The molecule has 0 unspecified atom stereocenters. The zero-order valence-corrected chi connectivity index (χ0v) is 14.1. The summed E-state index contributed by atoms with van der Waals surface area (Å²) >= 11 is 0.